The molecule has 1 aliphatic carbocycles. The SMILES string of the molecule is O=C1N=C(/C=C/c2ccc([N+](=O)[O-])cc2)N=C2C=CC=CC12. The van der Waals surface area contributed by atoms with Gasteiger partial charge in [0.05, 0.1) is 10.6 Å². The molecule has 0 fully saturated rings. The number of nitrogens with zero attached hydrogens (tertiary/aromatic N) is 3. The monoisotopic (exact) mass is 293 g/mol. The van der Waals surface area contributed by atoms with E-state index in [0.29, 0.717) is 11.5 Å². The van der Waals surface area contributed by atoms with Gasteiger partial charge in [0.2, 0.25) is 0 Å². The van der Waals surface area contributed by atoms with Crippen LogP contribution in [-0.4, -0.2) is 22.4 Å². The maximum Gasteiger partial charge on any atom is 0.269 e. The third kappa shape index (κ3) is 2.80. The number of non-ortho nitro benzene ring substituents is 1. The summed E-state index contributed by atoms with van der Waals surface area (Å²) in [6.07, 6.45) is 10.5. The first kappa shape index (κ1) is 13.8. The molecule has 1 aromatic rings. The number of carbonyl (C=O) groups excluding carboxylic acids is 1. The second kappa shape index (κ2) is 5.69. The number of nitro groups is 1. The molecule has 1 aromatic carbocycles. The lowest BCUT2D eigenvalue weighted by Gasteiger charge is -2.16. The van der Waals surface area contributed by atoms with E-state index in [2.05, 4.69) is 9.98 Å². The van der Waals surface area contributed by atoms with Crippen molar-refractivity contribution in [2.24, 2.45) is 15.9 Å². The van der Waals surface area contributed by atoms with Crippen molar-refractivity contribution in [3.8, 4) is 0 Å². The first-order valence-corrected chi connectivity index (χ1v) is 6.62. The van der Waals surface area contributed by atoms with Gasteiger partial charge >= 0.3 is 0 Å². The quantitative estimate of drug-likeness (QED) is 0.634. The van der Waals surface area contributed by atoms with Crippen LogP contribution >= 0.6 is 0 Å². The number of amidine groups is 1. The number of allylic oxidation sites excluding steroid dienone is 3. The first-order chi connectivity index (χ1) is 10.6. The highest BCUT2D eigenvalue weighted by atomic mass is 16.6. The Labute approximate surface area is 126 Å². The molecule has 0 saturated heterocycles. The summed E-state index contributed by atoms with van der Waals surface area (Å²) in [5.41, 5.74) is 1.47. The summed E-state index contributed by atoms with van der Waals surface area (Å²) in [7, 11) is 0. The summed E-state index contributed by atoms with van der Waals surface area (Å²) in [5, 5.41) is 10.6. The summed E-state index contributed by atoms with van der Waals surface area (Å²) in [5.74, 6) is -0.301. The van der Waals surface area contributed by atoms with Gasteiger partial charge in [-0.3, -0.25) is 14.9 Å². The van der Waals surface area contributed by atoms with Gasteiger partial charge in [0, 0.05) is 12.1 Å². The third-order valence-electron chi connectivity index (χ3n) is 3.26. The minimum atomic E-state index is -0.452. The van der Waals surface area contributed by atoms with E-state index in [-0.39, 0.29) is 17.5 Å². The molecule has 0 bridgehead atoms. The van der Waals surface area contributed by atoms with Gasteiger partial charge < -0.3 is 0 Å². The van der Waals surface area contributed by atoms with E-state index in [9.17, 15) is 14.9 Å². The Morgan fingerprint density at radius 1 is 1.09 bits per heavy atom. The molecule has 0 spiro atoms. The molecule has 0 saturated carbocycles. The molecule has 1 unspecified atom stereocenters. The van der Waals surface area contributed by atoms with Gasteiger partial charge in [-0.15, -0.1) is 0 Å². The van der Waals surface area contributed by atoms with Crippen molar-refractivity contribution in [2.75, 3.05) is 0 Å². The zero-order chi connectivity index (χ0) is 15.5. The minimum absolute atomic E-state index is 0.0320. The van der Waals surface area contributed by atoms with Crippen LogP contribution in [0.15, 0.2) is 64.6 Å². The largest absolute Gasteiger partial charge is 0.271 e. The lowest BCUT2D eigenvalue weighted by atomic mass is 9.96. The molecule has 3 rings (SSSR count). The highest BCUT2D eigenvalue weighted by Gasteiger charge is 2.25. The molecule has 6 heteroatoms. The van der Waals surface area contributed by atoms with Crippen LogP contribution in [0, 0.1) is 16.0 Å². The molecule has 108 valence electrons. The molecule has 0 N–H and O–H groups in total. The van der Waals surface area contributed by atoms with Crippen LogP contribution < -0.4 is 0 Å². The van der Waals surface area contributed by atoms with Crippen LogP contribution in [0.25, 0.3) is 6.08 Å². The molecule has 2 aliphatic rings. The molecule has 22 heavy (non-hydrogen) atoms. The fourth-order valence-electron chi connectivity index (χ4n) is 2.14. The summed E-state index contributed by atoms with van der Waals surface area (Å²) >= 11 is 0. The predicted octanol–water partition coefficient (Wildman–Crippen LogP) is 2.73. The van der Waals surface area contributed by atoms with Crippen LogP contribution in [0.4, 0.5) is 5.69 Å². The zero-order valence-electron chi connectivity index (χ0n) is 11.4. The number of rotatable bonds is 3. The van der Waals surface area contributed by atoms with E-state index in [1.807, 2.05) is 6.08 Å². The topological polar surface area (TPSA) is 84.9 Å². The predicted molar refractivity (Wildman–Crippen MR) is 83.8 cm³/mol. The number of amides is 1. The molecule has 1 atom stereocenters. The van der Waals surface area contributed by atoms with Gasteiger partial charge in [0.25, 0.3) is 11.6 Å². The summed E-state index contributed by atoms with van der Waals surface area (Å²) < 4.78 is 0. The number of hydrogen-bond donors (Lipinski definition) is 0. The molecular weight excluding hydrogens is 282 g/mol. The Hall–Kier alpha value is -3.15. The maximum absolute atomic E-state index is 11.9. The van der Waals surface area contributed by atoms with Crippen molar-refractivity contribution >= 4 is 29.2 Å². The Kier molecular flexibility index (Phi) is 3.57. The van der Waals surface area contributed by atoms with E-state index >= 15 is 0 Å². The average molecular weight is 293 g/mol. The number of hydrogen-bond acceptors (Lipinski definition) is 4. The Bertz CT molecular complexity index is 783. The molecule has 0 aromatic heterocycles. The first-order valence-electron chi connectivity index (χ1n) is 6.62. The maximum atomic E-state index is 11.9. The molecule has 1 heterocycles. The number of carbonyl (C=O) groups is 1. The van der Waals surface area contributed by atoms with E-state index in [1.54, 1.807) is 42.5 Å². The summed E-state index contributed by atoms with van der Waals surface area (Å²) in [6, 6.07) is 6.09. The van der Waals surface area contributed by atoms with Gasteiger partial charge in [0.1, 0.15) is 5.92 Å². The van der Waals surface area contributed by atoms with E-state index in [1.165, 1.54) is 12.1 Å². The summed E-state index contributed by atoms with van der Waals surface area (Å²) in [4.78, 5) is 30.3. The van der Waals surface area contributed by atoms with Crippen molar-refractivity contribution < 1.29 is 9.72 Å². The number of aliphatic imine (C=N–C) groups is 2. The van der Waals surface area contributed by atoms with Gasteiger partial charge in [-0.1, -0.05) is 24.3 Å². The normalized spacial score (nSPS) is 19.8. The number of benzene rings is 1. The molecule has 1 amide bonds. The molecule has 1 aliphatic heterocycles. The smallest absolute Gasteiger partial charge is 0.269 e. The van der Waals surface area contributed by atoms with Crippen molar-refractivity contribution in [3.63, 3.8) is 0 Å². The summed E-state index contributed by atoms with van der Waals surface area (Å²) in [6.45, 7) is 0. The van der Waals surface area contributed by atoms with E-state index < -0.39 is 4.92 Å². The Morgan fingerprint density at radius 2 is 1.86 bits per heavy atom. The molecule has 0 radical (unpaired) electrons. The lowest BCUT2D eigenvalue weighted by Crippen LogP contribution is -2.26. The second-order valence-electron chi connectivity index (χ2n) is 4.75. The average Bonchev–Trinajstić information content (AvgIpc) is 2.53. The fourth-order valence-corrected chi connectivity index (χ4v) is 2.14. The van der Waals surface area contributed by atoms with Gasteiger partial charge in [-0.05, 0) is 29.8 Å². The highest BCUT2D eigenvalue weighted by Crippen LogP contribution is 2.17. The molecule has 6 nitrogen and oxygen atoms in total. The van der Waals surface area contributed by atoms with E-state index in [0.717, 1.165) is 5.56 Å². The number of nitro benzene ring substituents is 1. The fraction of sp³-hybridized carbons (Fsp3) is 0.0625. The van der Waals surface area contributed by atoms with Crippen molar-refractivity contribution in [3.05, 3.63) is 70.3 Å². The third-order valence-corrected chi connectivity index (χ3v) is 3.26. The van der Waals surface area contributed by atoms with E-state index in [4.69, 9.17) is 0 Å². The van der Waals surface area contributed by atoms with Crippen molar-refractivity contribution in [1.29, 1.82) is 0 Å². The Morgan fingerprint density at radius 3 is 2.59 bits per heavy atom. The van der Waals surface area contributed by atoms with Crippen LogP contribution in [-0.2, 0) is 4.79 Å². The lowest BCUT2D eigenvalue weighted by molar-refractivity contribution is -0.384. The van der Waals surface area contributed by atoms with Crippen molar-refractivity contribution in [2.45, 2.75) is 0 Å². The van der Waals surface area contributed by atoms with Crippen LogP contribution in [0.3, 0.4) is 0 Å². The Balaban J connectivity index is 1.79. The highest BCUT2D eigenvalue weighted by molar-refractivity contribution is 6.23. The van der Waals surface area contributed by atoms with Crippen LogP contribution in [0.1, 0.15) is 5.56 Å². The number of fused-ring (bicyclic) bond motifs is 1. The standard InChI is InChI=1S/C16H11N3O3/c20-16-13-3-1-2-4-14(13)17-15(18-16)10-7-11-5-8-12(9-6-11)19(21)22/h1-10,13H/b10-7+. The zero-order valence-corrected chi connectivity index (χ0v) is 11.4. The van der Waals surface area contributed by atoms with Crippen molar-refractivity contribution in [1.82, 2.24) is 0 Å². The van der Waals surface area contributed by atoms with Gasteiger partial charge in [0.15, 0.2) is 5.84 Å². The van der Waals surface area contributed by atoms with Crippen LogP contribution in [0.5, 0.6) is 0 Å². The second-order valence-corrected chi connectivity index (χ2v) is 4.75. The van der Waals surface area contributed by atoms with Gasteiger partial charge in [-0.2, -0.15) is 4.99 Å². The van der Waals surface area contributed by atoms with Gasteiger partial charge in [-0.25, -0.2) is 4.99 Å². The van der Waals surface area contributed by atoms with Crippen LogP contribution in [0.2, 0.25) is 0 Å². The molecular formula is C16H11N3O3. The minimum Gasteiger partial charge on any atom is -0.271 e.